The van der Waals surface area contributed by atoms with Gasteiger partial charge in [-0.3, -0.25) is 0 Å². The molecule has 0 unspecified atom stereocenters. The zero-order chi connectivity index (χ0) is 10.1. The van der Waals surface area contributed by atoms with Gasteiger partial charge in [0.15, 0.2) is 0 Å². The Morgan fingerprint density at radius 2 is 1.93 bits per heavy atom. The number of benzene rings is 1. The van der Waals surface area contributed by atoms with E-state index in [1.165, 1.54) is 15.6 Å². The molecule has 0 aliphatic rings. The van der Waals surface area contributed by atoms with Gasteiger partial charge in [-0.25, -0.2) is 14.0 Å². The second-order valence-corrected chi connectivity index (χ2v) is 3.80. The number of halogens is 1. The molecule has 0 saturated carbocycles. The quantitative estimate of drug-likeness (QED) is 0.770. The molecule has 2 rings (SSSR count). The maximum absolute atomic E-state index is 11.5. The number of rotatable bonds is 1. The van der Waals surface area contributed by atoms with Crippen molar-refractivity contribution in [1.82, 2.24) is 14.3 Å². The van der Waals surface area contributed by atoms with Gasteiger partial charge in [-0.2, -0.15) is 5.10 Å². The van der Waals surface area contributed by atoms with Crippen molar-refractivity contribution in [3.05, 3.63) is 45.5 Å². The van der Waals surface area contributed by atoms with Crippen molar-refractivity contribution >= 4 is 15.9 Å². The maximum atomic E-state index is 11.5. The minimum Gasteiger partial charge on any atom is -0.250 e. The van der Waals surface area contributed by atoms with Gasteiger partial charge in [-0.15, -0.1) is 0 Å². The van der Waals surface area contributed by atoms with E-state index < -0.39 is 0 Å². The smallest absolute Gasteiger partial charge is 0.250 e. The van der Waals surface area contributed by atoms with Crippen LogP contribution in [0.15, 0.2) is 39.9 Å². The minimum absolute atomic E-state index is 0.146. The molecule has 0 atom stereocenters. The second-order valence-electron chi connectivity index (χ2n) is 2.88. The molecule has 0 amide bonds. The van der Waals surface area contributed by atoms with Crippen LogP contribution in [0.3, 0.4) is 0 Å². The minimum atomic E-state index is -0.146. The second kappa shape index (κ2) is 3.42. The van der Waals surface area contributed by atoms with Gasteiger partial charge in [-0.1, -0.05) is 15.9 Å². The highest BCUT2D eigenvalue weighted by molar-refractivity contribution is 9.10. The summed E-state index contributed by atoms with van der Waals surface area (Å²) in [4.78, 5) is 11.5. The first-order valence-electron chi connectivity index (χ1n) is 4.05. The van der Waals surface area contributed by atoms with Gasteiger partial charge in [0.1, 0.15) is 6.33 Å². The Balaban J connectivity index is 2.55. The summed E-state index contributed by atoms with van der Waals surface area (Å²) >= 11 is 3.33. The van der Waals surface area contributed by atoms with Crippen molar-refractivity contribution in [3.63, 3.8) is 0 Å². The summed E-state index contributed by atoms with van der Waals surface area (Å²) in [5, 5.41) is 3.87. The van der Waals surface area contributed by atoms with Gasteiger partial charge in [0.05, 0.1) is 5.69 Å². The summed E-state index contributed by atoms with van der Waals surface area (Å²) in [5.74, 6) is 0. The molecular weight excluding hydrogens is 246 g/mol. The SMILES string of the molecule is Cn1ncn(-c2ccc(Br)cc2)c1=O. The van der Waals surface area contributed by atoms with Crippen LogP contribution in [0.5, 0.6) is 0 Å². The van der Waals surface area contributed by atoms with E-state index in [0.717, 1.165) is 10.2 Å². The lowest BCUT2D eigenvalue weighted by molar-refractivity contribution is 0.726. The Kier molecular flexibility index (Phi) is 2.25. The number of hydrogen-bond donors (Lipinski definition) is 0. The van der Waals surface area contributed by atoms with Crippen LogP contribution in [0.4, 0.5) is 0 Å². The molecule has 0 saturated heterocycles. The van der Waals surface area contributed by atoms with Crippen LogP contribution in [0.25, 0.3) is 5.69 Å². The molecule has 0 radical (unpaired) electrons. The van der Waals surface area contributed by atoms with Crippen molar-refractivity contribution in [2.75, 3.05) is 0 Å². The summed E-state index contributed by atoms with van der Waals surface area (Å²) in [5.41, 5.74) is 0.665. The fraction of sp³-hybridized carbons (Fsp3) is 0.111. The first-order chi connectivity index (χ1) is 6.68. The first kappa shape index (κ1) is 9.21. The summed E-state index contributed by atoms with van der Waals surface area (Å²) in [6.07, 6.45) is 1.51. The fourth-order valence-electron chi connectivity index (χ4n) is 1.16. The number of hydrogen-bond acceptors (Lipinski definition) is 2. The topological polar surface area (TPSA) is 39.8 Å². The lowest BCUT2D eigenvalue weighted by atomic mass is 10.3. The highest BCUT2D eigenvalue weighted by atomic mass is 79.9. The van der Waals surface area contributed by atoms with Gasteiger partial charge >= 0.3 is 5.69 Å². The van der Waals surface area contributed by atoms with E-state index in [1.54, 1.807) is 7.05 Å². The predicted molar refractivity (Wildman–Crippen MR) is 56.5 cm³/mol. The lowest BCUT2D eigenvalue weighted by Gasteiger charge is -1.98. The van der Waals surface area contributed by atoms with E-state index >= 15 is 0 Å². The molecule has 5 heteroatoms. The van der Waals surface area contributed by atoms with E-state index in [9.17, 15) is 4.79 Å². The Labute approximate surface area is 88.9 Å². The van der Waals surface area contributed by atoms with E-state index in [0.29, 0.717) is 0 Å². The Morgan fingerprint density at radius 1 is 1.29 bits per heavy atom. The molecule has 2 aromatic rings. The van der Waals surface area contributed by atoms with Crippen LogP contribution in [0, 0.1) is 0 Å². The van der Waals surface area contributed by atoms with Gasteiger partial charge in [0, 0.05) is 11.5 Å². The van der Waals surface area contributed by atoms with Crippen LogP contribution in [-0.2, 0) is 7.05 Å². The molecular formula is C9H8BrN3O. The molecule has 0 spiro atoms. The highest BCUT2D eigenvalue weighted by Crippen LogP contribution is 2.12. The molecule has 14 heavy (non-hydrogen) atoms. The average Bonchev–Trinajstić information content (AvgIpc) is 2.50. The summed E-state index contributed by atoms with van der Waals surface area (Å²) in [7, 11) is 1.62. The summed E-state index contributed by atoms with van der Waals surface area (Å²) in [6, 6.07) is 7.48. The molecule has 0 fully saturated rings. The van der Waals surface area contributed by atoms with Gasteiger partial charge in [0.2, 0.25) is 0 Å². The first-order valence-corrected chi connectivity index (χ1v) is 4.84. The molecule has 0 N–H and O–H groups in total. The van der Waals surface area contributed by atoms with E-state index in [1.807, 2.05) is 24.3 Å². The van der Waals surface area contributed by atoms with Crippen molar-refractivity contribution in [3.8, 4) is 5.69 Å². The molecule has 72 valence electrons. The van der Waals surface area contributed by atoms with Gasteiger partial charge < -0.3 is 0 Å². The Bertz CT molecular complexity index is 498. The van der Waals surface area contributed by atoms with Crippen LogP contribution >= 0.6 is 15.9 Å². The standard InChI is InChI=1S/C9H8BrN3O/c1-12-9(14)13(6-11-12)8-4-2-7(10)3-5-8/h2-6H,1H3. The number of aryl methyl sites for hydroxylation is 1. The third-order valence-corrected chi connectivity index (χ3v) is 2.46. The Hall–Kier alpha value is -1.36. The highest BCUT2D eigenvalue weighted by Gasteiger charge is 2.02. The third-order valence-electron chi connectivity index (χ3n) is 1.93. The van der Waals surface area contributed by atoms with Crippen molar-refractivity contribution in [1.29, 1.82) is 0 Å². The molecule has 1 aromatic carbocycles. The molecule has 0 aliphatic carbocycles. The molecule has 0 bridgehead atoms. The monoisotopic (exact) mass is 253 g/mol. The molecule has 4 nitrogen and oxygen atoms in total. The molecule has 1 aromatic heterocycles. The fourth-order valence-corrected chi connectivity index (χ4v) is 1.43. The van der Waals surface area contributed by atoms with Gasteiger partial charge in [0.25, 0.3) is 0 Å². The Morgan fingerprint density at radius 3 is 2.43 bits per heavy atom. The van der Waals surface area contributed by atoms with Crippen LogP contribution in [0.2, 0.25) is 0 Å². The maximum Gasteiger partial charge on any atom is 0.350 e. The summed E-state index contributed by atoms with van der Waals surface area (Å²) < 4.78 is 3.77. The average molecular weight is 254 g/mol. The normalized spacial score (nSPS) is 10.4. The van der Waals surface area contributed by atoms with Crippen LogP contribution in [0.1, 0.15) is 0 Å². The predicted octanol–water partition coefficient (Wildman–Crippen LogP) is 1.33. The zero-order valence-electron chi connectivity index (χ0n) is 7.51. The van der Waals surface area contributed by atoms with Crippen LogP contribution < -0.4 is 5.69 Å². The van der Waals surface area contributed by atoms with Crippen LogP contribution in [-0.4, -0.2) is 14.3 Å². The van der Waals surface area contributed by atoms with Gasteiger partial charge in [-0.05, 0) is 24.3 Å². The van der Waals surface area contributed by atoms with E-state index in [4.69, 9.17) is 0 Å². The van der Waals surface area contributed by atoms with Crippen molar-refractivity contribution < 1.29 is 0 Å². The van der Waals surface area contributed by atoms with Crippen molar-refractivity contribution in [2.45, 2.75) is 0 Å². The largest absolute Gasteiger partial charge is 0.350 e. The molecule has 0 aliphatic heterocycles. The van der Waals surface area contributed by atoms with E-state index in [2.05, 4.69) is 21.0 Å². The molecule has 1 heterocycles. The van der Waals surface area contributed by atoms with E-state index in [-0.39, 0.29) is 5.69 Å². The lowest BCUT2D eigenvalue weighted by Crippen LogP contribution is -2.20. The number of nitrogens with zero attached hydrogens (tertiary/aromatic N) is 3. The number of aromatic nitrogens is 3. The third kappa shape index (κ3) is 1.50. The zero-order valence-corrected chi connectivity index (χ0v) is 9.10. The summed E-state index contributed by atoms with van der Waals surface area (Å²) in [6.45, 7) is 0. The van der Waals surface area contributed by atoms with Crippen molar-refractivity contribution in [2.24, 2.45) is 7.05 Å².